The molecule has 0 aliphatic rings. The smallest absolute Gasteiger partial charge is 0.113 e. The Hall–Kier alpha value is -2.08. The van der Waals surface area contributed by atoms with Crippen molar-refractivity contribution in [3.8, 4) is 23.0 Å². The van der Waals surface area contributed by atoms with E-state index < -0.39 is 0 Å². The first-order valence-electron chi connectivity index (χ1n) is 6.70. The van der Waals surface area contributed by atoms with Gasteiger partial charge in [-0.2, -0.15) is 0 Å². The van der Waals surface area contributed by atoms with Crippen molar-refractivity contribution >= 4 is 27.5 Å². The minimum Gasteiger partial charge on any atom is -0.247 e. The quantitative estimate of drug-likeness (QED) is 0.512. The highest BCUT2D eigenvalue weighted by atomic mass is 79.9. The van der Waals surface area contributed by atoms with Crippen molar-refractivity contribution in [1.82, 2.24) is 4.98 Å². The highest BCUT2D eigenvalue weighted by Crippen LogP contribution is 2.20. The minimum atomic E-state index is 0.730. The van der Waals surface area contributed by atoms with Crippen LogP contribution in [0.25, 0.3) is 11.1 Å². The van der Waals surface area contributed by atoms with Crippen LogP contribution < -0.4 is 0 Å². The average Bonchev–Trinajstić information content (AvgIpc) is 2.56. The molecule has 0 saturated carbocycles. The molecule has 0 amide bonds. The Morgan fingerprint density at radius 2 is 1.45 bits per heavy atom. The Morgan fingerprint density at radius 1 is 0.773 bits per heavy atom. The van der Waals surface area contributed by atoms with Crippen LogP contribution in [0.1, 0.15) is 11.3 Å². The van der Waals surface area contributed by atoms with Crippen LogP contribution in [0, 0.1) is 11.8 Å². The molecule has 3 rings (SSSR count). The standard InChI is InChI=1S/C19H11BrClN/c20-17-7-1-14(2-8-17)3-11-19-12-6-16(13-22-19)15-4-9-18(21)10-5-15/h1-2,4-10,12-13H. The van der Waals surface area contributed by atoms with E-state index in [9.17, 15) is 0 Å². The number of halogens is 2. The monoisotopic (exact) mass is 367 g/mol. The molecule has 106 valence electrons. The molecule has 1 aromatic heterocycles. The van der Waals surface area contributed by atoms with E-state index in [0.29, 0.717) is 0 Å². The van der Waals surface area contributed by atoms with Gasteiger partial charge in [-0.25, -0.2) is 4.98 Å². The number of nitrogens with zero attached hydrogens (tertiary/aromatic N) is 1. The zero-order chi connectivity index (χ0) is 15.4. The summed E-state index contributed by atoms with van der Waals surface area (Å²) in [5.74, 6) is 6.17. The molecule has 0 radical (unpaired) electrons. The van der Waals surface area contributed by atoms with Gasteiger partial charge >= 0.3 is 0 Å². The first kappa shape index (κ1) is 14.8. The lowest BCUT2D eigenvalue weighted by Gasteiger charge is -2.01. The fourth-order valence-electron chi connectivity index (χ4n) is 1.95. The SMILES string of the molecule is Clc1ccc(-c2ccc(C#Cc3ccc(Br)cc3)nc2)cc1. The summed E-state index contributed by atoms with van der Waals surface area (Å²) in [6, 6.07) is 19.5. The van der Waals surface area contributed by atoms with Gasteiger partial charge in [0.15, 0.2) is 0 Å². The molecular weight excluding hydrogens is 358 g/mol. The van der Waals surface area contributed by atoms with Gasteiger partial charge in [0.25, 0.3) is 0 Å². The van der Waals surface area contributed by atoms with Gasteiger partial charge in [-0.15, -0.1) is 0 Å². The highest BCUT2D eigenvalue weighted by Gasteiger charge is 1.98. The van der Waals surface area contributed by atoms with E-state index in [2.05, 4.69) is 32.8 Å². The molecular formula is C19H11BrClN. The number of hydrogen-bond acceptors (Lipinski definition) is 1. The van der Waals surface area contributed by atoms with Gasteiger partial charge < -0.3 is 0 Å². The Morgan fingerprint density at radius 3 is 2.09 bits per heavy atom. The van der Waals surface area contributed by atoms with E-state index in [4.69, 9.17) is 11.6 Å². The Bertz CT molecular complexity index is 826. The second-order valence-corrected chi connectivity index (χ2v) is 6.05. The Labute approximate surface area is 143 Å². The van der Waals surface area contributed by atoms with E-state index in [1.807, 2.05) is 66.9 Å². The van der Waals surface area contributed by atoms with Crippen molar-refractivity contribution in [3.63, 3.8) is 0 Å². The lowest BCUT2D eigenvalue weighted by molar-refractivity contribution is 1.29. The van der Waals surface area contributed by atoms with Crippen LogP contribution >= 0.6 is 27.5 Å². The van der Waals surface area contributed by atoms with Crippen molar-refractivity contribution in [3.05, 3.63) is 87.6 Å². The van der Waals surface area contributed by atoms with Gasteiger partial charge in [-0.3, -0.25) is 0 Å². The third-order valence-electron chi connectivity index (χ3n) is 3.12. The second-order valence-electron chi connectivity index (χ2n) is 4.70. The molecule has 0 aliphatic carbocycles. The van der Waals surface area contributed by atoms with Crippen LogP contribution in [-0.4, -0.2) is 4.98 Å². The normalized spacial score (nSPS) is 9.91. The molecule has 22 heavy (non-hydrogen) atoms. The summed E-state index contributed by atoms with van der Waals surface area (Å²) in [5, 5.41) is 0.730. The molecule has 0 bridgehead atoms. The van der Waals surface area contributed by atoms with E-state index >= 15 is 0 Å². The number of rotatable bonds is 1. The van der Waals surface area contributed by atoms with Crippen LogP contribution in [0.15, 0.2) is 71.3 Å². The average molecular weight is 369 g/mol. The van der Waals surface area contributed by atoms with Crippen LogP contribution in [0.5, 0.6) is 0 Å². The summed E-state index contributed by atoms with van der Waals surface area (Å²) < 4.78 is 1.04. The summed E-state index contributed by atoms with van der Waals surface area (Å²) in [7, 11) is 0. The molecule has 3 aromatic rings. The lowest BCUT2D eigenvalue weighted by atomic mass is 10.1. The predicted octanol–water partition coefficient (Wildman–Crippen LogP) is 5.56. The van der Waals surface area contributed by atoms with Gasteiger partial charge in [-0.1, -0.05) is 51.7 Å². The van der Waals surface area contributed by atoms with Crippen molar-refractivity contribution in [2.45, 2.75) is 0 Å². The van der Waals surface area contributed by atoms with Crippen LogP contribution in [0.4, 0.5) is 0 Å². The molecule has 3 heteroatoms. The number of hydrogen-bond donors (Lipinski definition) is 0. The molecule has 1 heterocycles. The lowest BCUT2D eigenvalue weighted by Crippen LogP contribution is -1.84. The molecule has 0 N–H and O–H groups in total. The molecule has 0 aliphatic heterocycles. The van der Waals surface area contributed by atoms with Crippen molar-refractivity contribution < 1.29 is 0 Å². The van der Waals surface area contributed by atoms with E-state index in [0.717, 1.165) is 31.9 Å². The first-order valence-corrected chi connectivity index (χ1v) is 7.87. The largest absolute Gasteiger partial charge is 0.247 e. The predicted molar refractivity (Wildman–Crippen MR) is 94.8 cm³/mol. The van der Waals surface area contributed by atoms with Crippen LogP contribution in [0.3, 0.4) is 0 Å². The first-order chi connectivity index (χ1) is 10.7. The van der Waals surface area contributed by atoms with Gasteiger partial charge in [0.05, 0.1) is 0 Å². The van der Waals surface area contributed by atoms with Gasteiger partial charge in [-0.05, 0) is 53.9 Å². The molecule has 0 saturated heterocycles. The van der Waals surface area contributed by atoms with Crippen molar-refractivity contribution in [2.75, 3.05) is 0 Å². The maximum absolute atomic E-state index is 5.90. The molecule has 0 atom stereocenters. The van der Waals surface area contributed by atoms with Crippen molar-refractivity contribution in [2.24, 2.45) is 0 Å². The topological polar surface area (TPSA) is 12.9 Å². The van der Waals surface area contributed by atoms with Crippen LogP contribution in [0.2, 0.25) is 5.02 Å². The summed E-state index contributed by atoms with van der Waals surface area (Å²) in [6.45, 7) is 0. The molecule has 2 aromatic carbocycles. The second kappa shape index (κ2) is 6.79. The fraction of sp³-hybridized carbons (Fsp3) is 0. The van der Waals surface area contributed by atoms with E-state index in [1.54, 1.807) is 0 Å². The summed E-state index contributed by atoms with van der Waals surface area (Å²) in [6.07, 6.45) is 1.83. The summed E-state index contributed by atoms with van der Waals surface area (Å²) >= 11 is 9.30. The zero-order valence-corrected chi connectivity index (χ0v) is 13.9. The zero-order valence-electron chi connectivity index (χ0n) is 11.6. The number of aromatic nitrogens is 1. The maximum atomic E-state index is 5.90. The van der Waals surface area contributed by atoms with Gasteiger partial charge in [0.2, 0.25) is 0 Å². The van der Waals surface area contributed by atoms with E-state index in [1.165, 1.54) is 0 Å². The van der Waals surface area contributed by atoms with E-state index in [-0.39, 0.29) is 0 Å². The third kappa shape index (κ3) is 3.76. The minimum absolute atomic E-state index is 0.730. The van der Waals surface area contributed by atoms with Crippen LogP contribution in [-0.2, 0) is 0 Å². The van der Waals surface area contributed by atoms with Gasteiger partial charge in [0, 0.05) is 26.8 Å². The number of benzene rings is 2. The molecule has 0 fully saturated rings. The molecule has 0 spiro atoms. The Kier molecular flexibility index (Phi) is 4.58. The highest BCUT2D eigenvalue weighted by molar-refractivity contribution is 9.10. The molecule has 1 nitrogen and oxygen atoms in total. The molecule has 0 unspecified atom stereocenters. The number of pyridine rings is 1. The third-order valence-corrected chi connectivity index (χ3v) is 3.90. The maximum Gasteiger partial charge on any atom is 0.113 e. The summed E-state index contributed by atoms with van der Waals surface area (Å²) in [5.41, 5.74) is 3.85. The fourth-order valence-corrected chi connectivity index (χ4v) is 2.34. The van der Waals surface area contributed by atoms with Gasteiger partial charge in [0.1, 0.15) is 5.69 Å². The Balaban J connectivity index is 1.80. The summed E-state index contributed by atoms with van der Waals surface area (Å²) in [4.78, 5) is 4.39. The van der Waals surface area contributed by atoms with Crippen molar-refractivity contribution in [1.29, 1.82) is 0 Å².